The molecule has 90 valence electrons. The van der Waals surface area contributed by atoms with E-state index in [9.17, 15) is 8.78 Å². The van der Waals surface area contributed by atoms with Gasteiger partial charge in [0.15, 0.2) is 0 Å². The van der Waals surface area contributed by atoms with Crippen LogP contribution in [0.3, 0.4) is 0 Å². The van der Waals surface area contributed by atoms with E-state index in [0.717, 1.165) is 0 Å². The number of nitrogens with one attached hydrogen (secondary N) is 1. The molecule has 0 saturated carbocycles. The summed E-state index contributed by atoms with van der Waals surface area (Å²) >= 11 is 11.8. The van der Waals surface area contributed by atoms with E-state index < -0.39 is 12.5 Å². The van der Waals surface area contributed by atoms with Crippen LogP contribution in [0.15, 0.2) is 18.2 Å². The van der Waals surface area contributed by atoms with Crippen LogP contribution in [0, 0.1) is 0 Å². The first-order chi connectivity index (χ1) is 7.56. The summed E-state index contributed by atoms with van der Waals surface area (Å²) < 4.78 is 25.4. The van der Waals surface area contributed by atoms with E-state index in [1.54, 1.807) is 25.1 Å². The van der Waals surface area contributed by atoms with E-state index in [4.69, 9.17) is 23.2 Å². The maximum absolute atomic E-state index is 12.7. The molecule has 1 aromatic rings. The number of rotatable bonds is 5. The van der Waals surface area contributed by atoms with E-state index in [-0.39, 0.29) is 6.42 Å². The van der Waals surface area contributed by atoms with Crippen molar-refractivity contribution in [3.63, 3.8) is 0 Å². The molecule has 0 saturated heterocycles. The van der Waals surface area contributed by atoms with Gasteiger partial charge in [-0.15, -0.1) is 0 Å². The van der Waals surface area contributed by atoms with E-state index >= 15 is 0 Å². The van der Waals surface area contributed by atoms with Crippen molar-refractivity contribution in [3.05, 3.63) is 33.8 Å². The van der Waals surface area contributed by atoms with Gasteiger partial charge in [-0.3, -0.25) is 0 Å². The van der Waals surface area contributed by atoms with Gasteiger partial charge in [-0.1, -0.05) is 36.2 Å². The minimum absolute atomic E-state index is 0.129. The molecule has 0 heterocycles. The second-order valence-corrected chi connectivity index (χ2v) is 4.22. The monoisotopic (exact) mass is 267 g/mol. The SMILES string of the molecule is CCNC(Cc1c(Cl)cccc1Cl)C(F)F. The Hall–Kier alpha value is -0.380. The Morgan fingerprint density at radius 3 is 2.25 bits per heavy atom. The Balaban J connectivity index is 2.84. The van der Waals surface area contributed by atoms with Gasteiger partial charge >= 0.3 is 0 Å². The van der Waals surface area contributed by atoms with Crippen molar-refractivity contribution in [1.29, 1.82) is 0 Å². The number of benzene rings is 1. The van der Waals surface area contributed by atoms with Crippen LogP contribution in [0.1, 0.15) is 12.5 Å². The predicted molar refractivity (Wildman–Crippen MR) is 63.6 cm³/mol. The molecule has 0 aliphatic carbocycles. The lowest BCUT2D eigenvalue weighted by Gasteiger charge is -2.18. The van der Waals surface area contributed by atoms with E-state index in [0.29, 0.717) is 22.2 Å². The highest BCUT2D eigenvalue weighted by Crippen LogP contribution is 2.26. The Bertz CT molecular complexity index is 325. The zero-order valence-electron chi connectivity index (χ0n) is 8.81. The van der Waals surface area contributed by atoms with E-state index in [1.165, 1.54) is 0 Å². The van der Waals surface area contributed by atoms with Crippen molar-refractivity contribution < 1.29 is 8.78 Å². The second-order valence-electron chi connectivity index (χ2n) is 3.40. The molecule has 1 rings (SSSR count). The summed E-state index contributed by atoms with van der Waals surface area (Å²) in [5, 5.41) is 3.57. The number of hydrogen-bond acceptors (Lipinski definition) is 1. The number of hydrogen-bond donors (Lipinski definition) is 1. The molecule has 1 aromatic carbocycles. The maximum atomic E-state index is 12.7. The summed E-state index contributed by atoms with van der Waals surface area (Å²) in [4.78, 5) is 0. The topological polar surface area (TPSA) is 12.0 Å². The quantitative estimate of drug-likeness (QED) is 0.856. The van der Waals surface area contributed by atoms with E-state index in [1.807, 2.05) is 0 Å². The highest BCUT2D eigenvalue weighted by molar-refractivity contribution is 6.35. The normalized spacial score (nSPS) is 13.1. The molecule has 1 nitrogen and oxygen atoms in total. The molecule has 0 aliphatic heterocycles. The molecule has 1 atom stereocenters. The van der Waals surface area contributed by atoms with Gasteiger partial charge in [0.25, 0.3) is 6.43 Å². The van der Waals surface area contributed by atoms with Crippen molar-refractivity contribution in [2.75, 3.05) is 6.54 Å². The first kappa shape index (κ1) is 13.7. The largest absolute Gasteiger partial charge is 0.309 e. The molecule has 0 fully saturated rings. The van der Waals surface area contributed by atoms with Crippen molar-refractivity contribution in [1.82, 2.24) is 5.32 Å². The second kappa shape index (κ2) is 6.38. The van der Waals surface area contributed by atoms with Gasteiger partial charge in [-0.2, -0.15) is 0 Å². The summed E-state index contributed by atoms with van der Waals surface area (Å²) in [7, 11) is 0. The van der Waals surface area contributed by atoms with E-state index in [2.05, 4.69) is 5.32 Å². The molecule has 1 unspecified atom stereocenters. The smallest absolute Gasteiger partial charge is 0.254 e. The molecule has 1 N–H and O–H groups in total. The Morgan fingerprint density at radius 1 is 1.25 bits per heavy atom. The average Bonchev–Trinajstić information content (AvgIpc) is 2.21. The summed E-state index contributed by atoms with van der Waals surface area (Å²) in [6.45, 7) is 2.26. The molecule has 0 radical (unpaired) electrons. The molecule has 0 amide bonds. The third kappa shape index (κ3) is 3.58. The minimum Gasteiger partial charge on any atom is -0.309 e. The van der Waals surface area contributed by atoms with Gasteiger partial charge in [0.1, 0.15) is 0 Å². The summed E-state index contributed by atoms with van der Waals surface area (Å²) in [6.07, 6.45) is -2.31. The average molecular weight is 268 g/mol. The van der Waals surface area contributed by atoms with Gasteiger partial charge in [0.05, 0.1) is 6.04 Å². The van der Waals surface area contributed by atoms with Crippen molar-refractivity contribution >= 4 is 23.2 Å². The van der Waals surface area contributed by atoms with Crippen LogP contribution in [0.25, 0.3) is 0 Å². The Kier molecular flexibility index (Phi) is 5.46. The molecule has 5 heteroatoms. The molecule has 0 bridgehead atoms. The first-order valence-corrected chi connectivity index (χ1v) is 5.76. The van der Waals surface area contributed by atoms with Gasteiger partial charge in [-0.25, -0.2) is 8.78 Å². The van der Waals surface area contributed by atoms with Crippen molar-refractivity contribution in [2.45, 2.75) is 25.8 Å². The van der Waals surface area contributed by atoms with Crippen molar-refractivity contribution in [3.8, 4) is 0 Å². The van der Waals surface area contributed by atoms with Crippen LogP contribution < -0.4 is 5.32 Å². The minimum atomic E-state index is -2.44. The summed E-state index contributed by atoms with van der Waals surface area (Å²) in [5.41, 5.74) is 0.567. The van der Waals surface area contributed by atoms with Crippen LogP contribution in [-0.4, -0.2) is 19.0 Å². The molecule has 0 spiro atoms. The Labute approximate surface area is 104 Å². The highest BCUT2D eigenvalue weighted by atomic mass is 35.5. The van der Waals surface area contributed by atoms with Gasteiger partial charge in [0, 0.05) is 10.0 Å². The van der Waals surface area contributed by atoms with Crippen LogP contribution in [-0.2, 0) is 6.42 Å². The predicted octanol–water partition coefficient (Wildman–Crippen LogP) is 3.78. The lowest BCUT2D eigenvalue weighted by Crippen LogP contribution is -2.37. The summed E-state index contributed by atoms with van der Waals surface area (Å²) in [6, 6.07) is 4.08. The van der Waals surface area contributed by atoms with Crippen LogP contribution >= 0.6 is 23.2 Å². The fourth-order valence-corrected chi connectivity index (χ4v) is 2.01. The summed E-state index contributed by atoms with van der Waals surface area (Å²) in [5.74, 6) is 0. The standard InChI is InChI=1S/C11H13Cl2F2N/c1-2-16-10(11(14)15)6-7-8(12)4-3-5-9(7)13/h3-5,10-11,16H,2,6H2,1H3. The molecular formula is C11H13Cl2F2N. The third-order valence-corrected chi connectivity index (χ3v) is 2.96. The van der Waals surface area contributed by atoms with Crippen LogP contribution in [0.2, 0.25) is 10.0 Å². The van der Waals surface area contributed by atoms with Crippen LogP contribution in [0.4, 0.5) is 8.78 Å². The lowest BCUT2D eigenvalue weighted by atomic mass is 10.1. The van der Waals surface area contributed by atoms with Crippen LogP contribution in [0.5, 0.6) is 0 Å². The van der Waals surface area contributed by atoms with Gasteiger partial charge < -0.3 is 5.32 Å². The fraction of sp³-hybridized carbons (Fsp3) is 0.455. The van der Waals surface area contributed by atoms with Gasteiger partial charge in [-0.05, 0) is 30.7 Å². The fourth-order valence-electron chi connectivity index (χ4n) is 1.46. The van der Waals surface area contributed by atoms with Gasteiger partial charge in [0.2, 0.25) is 0 Å². The first-order valence-electron chi connectivity index (χ1n) is 5.00. The number of halogens is 4. The lowest BCUT2D eigenvalue weighted by molar-refractivity contribution is 0.0991. The van der Waals surface area contributed by atoms with Crippen molar-refractivity contribution in [2.24, 2.45) is 0 Å². The zero-order chi connectivity index (χ0) is 12.1. The Morgan fingerprint density at radius 2 is 1.81 bits per heavy atom. The number of alkyl halides is 2. The molecular weight excluding hydrogens is 255 g/mol. The number of likely N-dealkylation sites (N-methyl/N-ethyl adjacent to an activating group) is 1. The molecule has 0 aromatic heterocycles. The molecule has 16 heavy (non-hydrogen) atoms. The molecule has 0 aliphatic rings. The maximum Gasteiger partial charge on any atom is 0.254 e. The highest BCUT2D eigenvalue weighted by Gasteiger charge is 2.21. The third-order valence-electron chi connectivity index (χ3n) is 2.26. The zero-order valence-corrected chi connectivity index (χ0v) is 10.3.